The van der Waals surface area contributed by atoms with E-state index < -0.39 is 0 Å². The number of rotatable bonds is 5. The van der Waals surface area contributed by atoms with E-state index in [2.05, 4.69) is 63.7 Å². The Hall–Kier alpha value is -1.26. The van der Waals surface area contributed by atoms with Crippen molar-refractivity contribution in [2.45, 2.75) is 80.7 Å². The van der Waals surface area contributed by atoms with E-state index in [-0.39, 0.29) is 0 Å². The summed E-state index contributed by atoms with van der Waals surface area (Å²) in [6.07, 6.45) is 4.38. The molecule has 0 bridgehead atoms. The average Bonchev–Trinajstić information content (AvgIpc) is 3.07. The molecule has 0 aliphatic heterocycles. The Kier molecular flexibility index (Phi) is 7.44. The average molecular weight is 404 g/mol. The van der Waals surface area contributed by atoms with Gasteiger partial charge in [-0.15, -0.1) is 11.3 Å². The first kappa shape index (κ1) is 23.0. The SMILES string of the molecule is CC.CN(Cc1cc2[nH]c(CC3=C(N)CC(C)(C)CC3)cc2s1)CC(C)(C)C. The van der Waals surface area contributed by atoms with E-state index in [1.165, 1.54) is 32.8 Å². The zero-order valence-corrected chi connectivity index (χ0v) is 20.1. The lowest BCUT2D eigenvalue weighted by molar-refractivity contribution is 0.222. The number of H-pyrrole nitrogens is 1. The normalized spacial score (nSPS) is 17.2. The number of nitrogens with two attached hydrogens (primary N) is 1. The third kappa shape index (κ3) is 6.38. The van der Waals surface area contributed by atoms with E-state index in [1.807, 2.05) is 25.2 Å². The number of nitrogens with zero attached hydrogens (tertiary/aromatic N) is 1. The number of aromatic nitrogens is 1. The fraction of sp³-hybridized carbons (Fsp3) is 0.667. The van der Waals surface area contributed by atoms with Crippen molar-refractivity contribution >= 4 is 21.6 Å². The number of hydrogen-bond donors (Lipinski definition) is 2. The maximum Gasteiger partial charge on any atom is 0.0569 e. The summed E-state index contributed by atoms with van der Waals surface area (Å²) in [6, 6.07) is 4.65. The van der Waals surface area contributed by atoms with Gasteiger partial charge in [-0.2, -0.15) is 0 Å². The number of aromatic amines is 1. The van der Waals surface area contributed by atoms with Crippen LogP contribution >= 0.6 is 11.3 Å². The molecular formula is C24H41N3S. The number of hydrogen-bond acceptors (Lipinski definition) is 3. The highest BCUT2D eigenvalue weighted by Crippen LogP contribution is 2.38. The van der Waals surface area contributed by atoms with Gasteiger partial charge >= 0.3 is 0 Å². The van der Waals surface area contributed by atoms with Crippen molar-refractivity contribution in [3.63, 3.8) is 0 Å². The molecule has 158 valence electrons. The first-order valence-electron chi connectivity index (χ1n) is 10.8. The van der Waals surface area contributed by atoms with Gasteiger partial charge in [-0.05, 0) is 54.8 Å². The van der Waals surface area contributed by atoms with Gasteiger partial charge in [-0.25, -0.2) is 0 Å². The predicted octanol–water partition coefficient (Wildman–Crippen LogP) is 6.70. The summed E-state index contributed by atoms with van der Waals surface area (Å²) in [4.78, 5) is 7.48. The molecule has 0 unspecified atom stereocenters. The maximum absolute atomic E-state index is 6.36. The van der Waals surface area contributed by atoms with Crippen molar-refractivity contribution in [1.29, 1.82) is 0 Å². The van der Waals surface area contributed by atoms with Crippen LogP contribution in [0.25, 0.3) is 10.2 Å². The highest BCUT2D eigenvalue weighted by molar-refractivity contribution is 7.19. The molecule has 0 amide bonds. The lowest BCUT2D eigenvalue weighted by Crippen LogP contribution is -2.28. The molecule has 2 aromatic rings. The van der Waals surface area contributed by atoms with Gasteiger partial charge in [0.1, 0.15) is 0 Å². The zero-order chi connectivity index (χ0) is 21.1. The molecule has 3 nitrogen and oxygen atoms in total. The molecule has 3 N–H and O–H groups in total. The van der Waals surface area contributed by atoms with Crippen LogP contribution in [-0.2, 0) is 13.0 Å². The molecule has 0 saturated heterocycles. The van der Waals surface area contributed by atoms with Gasteiger partial charge in [0.15, 0.2) is 0 Å². The van der Waals surface area contributed by atoms with E-state index in [4.69, 9.17) is 5.73 Å². The van der Waals surface area contributed by atoms with Crippen molar-refractivity contribution in [2.24, 2.45) is 16.6 Å². The van der Waals surface area contributed by atoms with E-state index in [9.17, 15) is 0 Å². The molecule has 0 saturated carbocycles. The predicted molar refractivity (Wildman–Crippen MR) is 126 cm³/mol. The monoisotopic (exact) mass is 403 g/mol. The Morgan fingerprint density at radius 2 is 1.89 bits per heavy atom. The van der Waals surface area contributed by atoms with Crippen LogP contribution in [0.2, 0.25) is 0 Å². The van der Waals surface area contributed by atoms with Crippen molar-refractivity contribution in [3.8, 4) is 0 Å². The first-order valence-corrected chi connectivity index (χ1v) is 11.6. The van der Waals surface area contributed by atoms with Gasteiger partial charge in [-0.3, -0.25) is 0 Å². The number of fused-ring (bicyclic) bond motifs is 1. The summed E-state index contributed by atoms with van der Waals surface area (Å²) >= 11 is 1.91. The standard InChI is InChI=1S/C22H35N3S.C2H6/c1-21(2,3)14-25(6)13-17-11-19-20(26-17)10-16(24-19)9-15-7-8-22(4,5)12-18(15)23;1-2/h10-11,24H,7-9,12-14,23H2,1-6H3;1-2H3. The number of nitrogens with one attached hydrogen (secondary N) is 1. The summed E-state index contributed by atoms with van der Waals surface area (Å²) in [6.45, 7) is 17.6. The van der Waals surface area contributed by atoms with Gasteiger partial charge in [0.05, 0.1) is 10.2 Å². The molecule has 28 heavy (non-hydrogen) atoms. The van der Waals surface area contributed by atoms with Crippen LogP contribution in [0.4, 0.5) is 0 Å². The van der Waals surface area contributed by atoms with E-state index >= 15 is 0 Å². The zero-order valence-electron chi connectivity index (χ0n) is 19.3. The summed E-state index contributed by atoms with van der Waals surface area (Å²) in [5.74, 6) is 0. The van der Waals surface area contributed by atoms with E-state index in [1.54, 1.807) is 0 Å². The highest BCUT2D eigenvalue weighted by atomic mass is 32.1. The Balaban J connectivity index is 0.00000136. The van der Waals surface area contributed by atoms with Crippen LogP contribution in [0, 0.1) is 10.8 Å². The molecule has 0 aromatic carbocycles. The van der Waals surface area contributed by atoms with Crippen LogP contribution in [0.5, 0.6) is 0 Å². The molecule has 4 heteroatoms. The largest absolute Gasteiger partial charge is 0.402 e. The minimum absolute atomic E-state index is 0.336. The van der Waals surface area contributed by atoms with Crippen LogP contribution in [-0.4, -0.2) is 23.5 Å². The van der Waals surface area contributed by atoms with Gasteiger partial charge in [0, 0.05) is 35.8 Å². The lowest BCUT2D eigenvalue weighted by atomic mass is 9.76. The topological polar surface area (TPSA) is 45.0 Å². The second kappa shape index (κ2) is 9.04. The fourth-order valence-corrected chi connectivity index (χ4v) is 5.31. The van der Waals surface area contributed by atoms with Gasteiger partial charge in [0.25, 0.3) is 0 Å². The second-order valence-corrected chi connectivity index (χ2v) is 11.3. The van der Waals surface area contributed by atoms with Crippen molar-refractivity contribution in [3.05, 3.63) is 34.0 Å². The third-order valence-corrected chi connectivity index (χ3v) is 6.28. The summed E-state index contributed by atoms with van der Waals surface area (Å²) in [5.41, 5.74) is 12.2. The Morgan fingerprint density at radius 3 is 2.46 bits per heavy atom. The molecule has 2 heterocycles. The van der Waals surface area contributed by atoms with Gasteiger partial charge in [0.2, 0.25) is 0 Å². The summed E-state index contributed by atoms with van der Waals surface area (Å²) in [5, 5.41) is 0. The van der Waals surface area contributed by atoms with Crippen LogP contribution in [0.3, 0.4) is 0 Å². The Bertz CT molecular complexity index is 770. The molecule has 0 spiro atoms. The quantitative estimate of drug-likeness (QED) is 0.583. The molecule has 0 atom stereocenters. The van der Waals surface area contributed by atoms with Crippen LogP contribution < -0.4 is 5.73 Å². The van der Waals surface area contributed by atoms with Gasteiger partial charge in [-0.1, -0.05) is 48.5 Å². The molecule has 1 aliphatic carbocycles. The smallest absolute Gasteiger partial charge is 0.0569 e. The van der Waals surface area contributed by atoms with Crippen molar-refractivity contribution < 1.29 is 0 Å². The van der Waals surface area contributed by atoms with Crippen LogP contribution in [0.1, 0.15) is 78.3 Å². The molecule has 0 fully saturated rings. The number of thiophene rings is 1. The van der Waals surface area contributed by atoms with E-state index in [0.29, 0.717) is 10.8 Å². The van der Waals surface area contributed by atoms with Crippen LogP contribution in [0.15, 0.2) is 23.4 Å². The van der Waals surface area contributed by atoms with E-state index in [0.717, 1.165) is 38.0 Å². The summed E-state index contributed by atoms with van der Waals surface area (Å²) in [7, 11) is 2.21. The third-order valence-electron chi connectivity index (χ3n) is 5.21. The van der Waals surface area contributed by atoms with Crippen molar-refractivity contribution in [1.82, 2.24) is 9.88 Å². The van der Waals surface area contributed by atoms with Crippen molar-refractivity contribution in [2.75, 3.05) is 13.6 Å². The maximum atomic E-state index is 6.36. The Labute approximate surface area is 176 Å². The Morgan fingerprint density at radius 1 is 1.21 bits per heavy atom. The molecule has 1 aliphatic rings. The lowest BCUT2D eigenvalue weighted by Gasteiger charge is -2.31. The highest BCUT2D eigenvalue weighted by Gasteiger charge is 2.26. The number of allylic oxidation sites excluding steroid dienone is 2. The summed E-state index contributed by atoms with van der Waals surface area (Å²) < 4.78 is 1.37. The minimum atomic E-state index is 0.336. The second-order valence-electron chi connectivity index (χ2n) is 10.2. The first-order chi connectivity index (χ1) is 13.0. The van der Waals surface area contributed by atoms with Gasteiger partial charge < -0.3 is 15.6 Å². The molecule has 2 aromatic heterocycles. The molecular weight excluding hydrogens is 362 g/mol. The molecule has 3 rings (SSSR count). The molecule has 0 radical (unpaired) electrons. The fourth-order valence-electron chi connectivity index (χ4n) is 4.15. The minimum Gasteiger partial charge on any atom is -0.402 e.